The molecule has 1 aliphatic heterocycles. The molecular formula is C20H23ClN2O6S. The predicted octanol–water partition coefficient (Wildman–Crippen LogP) is 2.18. The zero-order chi connectivity index (χ0) is 21.6. The van der Waals surface area contributed by atoms with Crippen molar-refractivity contribution in [2.24, 2.45) is 0 Å². The van der Waals surface area contributed by atoms with Gasteiger partial charge in [0, 0.05) is 13.1 Å². The highest BCUT2D eigenvalue weighted by molar-refractivity contribution is 7.89. The molecule has 1 aliphatic rings. The highest BCUT2D eigenvalue weighted by Gasteiger charge is 2.27. The van der Waals surface area contributed by atoms with Crippen molar-refractivity contribution in [3.63, 3.8) is 0 Å². The minimum Gasteiger partial charge on any atom is -0.493 e. The summed E-state index contributed by atoms with van der Waals surface area (Å²) in [7, 11) is -2.18. The molecule has 1 amide bonds. The second-order valence-electron chi connectivity index (χ2n) is 6.41. The van der Waals surface area contributed by atoms with Crippen LogP contribution in [0.15, 0.2) is 47.4 Å². The zero-order valence-electron chi connectivity index (χ0n) is 16.5. The molecular weight excluding hydrogens is 432 g/mol. The van der Waals surface area contributed by atoms with E-state index in [0.29, 0.717) is 24.7 Å². The molecule has 2 aromatic carbocycles. The van der Waals surface area contributed by atoms with Gasteiger partial charge >= 0.3 is 0 Å². The van der Waals surface area contributed by atoms with E-state index < -0.39 is 15.9 Å². The summed E-state index contributed by atoms with van der Waals surface area (Å²) in [5, 5.41) is 2.85. The van der Waals surface area contributed by atoms with Gasteiger partial charge in [0.15, 0.2) is 11.5 Å². The van der Waals surface area contributed by atoms with Gasteiger partial charge < -0.3 is 19.5 Å². The average molecular weight is 455 g/mol. The third kappa shape index (κ3) is 5.23. The molecule has 0 spiro atoms. The summed E-state index contributed by atoms with van der Waals surface area (Å²) in [5.41, 5.74) is 0.0864. The van der Waals surface area contributed by atoms with Crippen LogP contribution in [0.1, 0.15) is 10.4 Å². The first-order valence-corrected chi connectivity index (χ1v) is 11.2. The number of nitrogens with one attached hydrogen (secondary N) is 1. The molecule has 1 saturated heterocycles. The maximum atomic E-state index is 12.8. The van der Waals surface area contributed by atoms with Gasteiger partial charge in [0.1, 0.15) is 6.61 Å². The molecule has 1 heterocycles. The molecule has 0 saturated carbocycles. The minimum absolute atomic E-state index is 0.0178. The summed E-state index contributed by atoms with van der Waals surface area (Å²) in [4.78, 5) is 12.6. The Morgan fingerprint density at radius 3 is 2.57 bits per heavy atom. The number of amides is 1. The van der Waals surface area contributed by atoms with Gasteiger partial charge in [0.2, 0.25) is 10.0 Å². The molecule has 0 unspecified atom stereocenters. The molecule has 0 aliphatic carbocycles. The first-order valence-electron chi connectivity index (χ1n) is 9.35. The highest BCUT2D eigenvalue weighted by atomic mass is 35.5. The van der Waals surface area contributed by atoms with Crippen molar-refractivity contribution in [1.82, 2.24) is 9.62 Å². The highest BCUT2D eigenvalue weighted by Crippen LogP contribution is 2.26. The molecule has 3 rings (SSSR count). The van der Waals surface area contributed by atoms with Crippen molar-refractivity contribution < 1.29 is 27.4 Å². The van der Waals surface area contributed by atoms with Crippen molar-refractivity contribution in [2.75, 3.05) is 46.6 Å². The van der Waals surface area contributed by atoms with E-state index in [1.54, 1.807) is 19.2 Å². The zero-order valence-corrected chi connectivity index (χ0v) is 18.0. The Kier molecular flexibility index (Phi) is 7.54. The van der Waals surface area contributed by atoms with Crippen molar-refractivity contribution >= 4 is 27.5 Å². The predicted molar refractivity (Wildman–Crippen MR) is 112 cm³/mol. The lowest BCUT2D eigenvalue weighted by Gasteiger charge is -2.26. The number of rotatable bonds is 8. The number of para-hydroxylation sites is 2. The van der Waals surface area contributed by atoms with E-state index in [1.165, 1.54) is 22.5 Å². The molecule has 0 radical (unpaired) electrons. The van der Waals surface area contributed by atoms with Gasteiger partial charge in [-0.15, -0.1) is 0 Å². The number of carbonyl (C=O) groups excluding carboxylic acids is 1. The Balaban J connectivity index is 1.63. The minimum atomic E-state index is -3.73. The fraction of sp³-hybridized carbons (Fsp3) is 0.350. The molecule has 1 N–H and O–H groups in total. The van der Waals surface area contributed by atoms with Crippen molar-refractivity contribution in [1.29, 1.82) is 0 Å². The fourth-order valence-electron chi connectivity index (χ4n) is 2.93. The van der Waals surface area contributed by atoms with Crippen molar-refractivity contribution in [3.05, 3.63) is 53.1 Å². The van der Waals surface area contributed by atoms with E-state index in [1.807, 2.05) is 12.1 Å². The number of nitrogens with zero attached hydrogens (tertiary/aromatic N) is 1. The molecule has 0 atom stereocenters. The second kappa shape index (κ2) is 10.1. The Morgan fingerprint density at radius 2 is 1.87 bits per heavy atom. The third-order valence-electron chi connectivity index (χ3n) is 4.50. The molecule has 2 aromatic rings. The normalized spacial score (nSPS) is 14.9. The van der Waals surface area contributed by atoms with Gasteiger partial charge in [-0.1, -0.05) is 23.7 Å². The van der Waals surface area contributed by atoms with Gasteiger partial charge in [-0.3, -0.25) is 4.79 Å². The Bertz CT molecular complexity index is 993. The topological polar surface area (TPSA) is 94.2 Å². The van der Waals surface area contributed by atoms with Crippen LogP contribution in [0.25, 0.3) is 0 Å². The summed E-state index contributed by atoms with van der Waals surface area (Å²) >= 11 is 6.14. The number of hydrogen-bond donors (Lipinski definition) is 1. The Hall–Kier alpha value is -2.33. The number of benzene rings is 2. The largest absolute Gasteiger partial charge is 0.493 e. The van der Waals surface area contributed by atoms with Gasteiger partial charge in [-0.25, -0.2) is 8.42 Å². The second-order valence-corrected chi connectivity index (χ2v) is 8.76. The number of methoxy groups -OCH3 is 1. The fourth-order valence-corrected chi connectivity index (χ4v) is 4.57. The van der Waals surface area contributed by atoms with Crippen molar-refractivity contribution in [3.8, 4) is 11.5 Å². The molecule has 0 aromatic heterocycles. The van der Waals surface area contributed by atoms with E-state index >= 15 is 0 Å². The summed E-state index contributed by atoms with van der Waals surface area (Å²) in [6.07, 6.45) is 0. The van der Waals surface area contributed by atoms with E-state index in [4.69, 9.17) is 25.8 Å². The van der Waals surface area contributed by atoms with E-state index in [9.17, 15) is 13.2 Å². The molecule has 162 valence electrons. The molecule has 1 fully saturated rings. The molecule has 10 heteroatoms. The third-order valence-corrected chi connectivity index (χ3v) is 6.73. The number of ether oxygens (including phenoxy) is 3. The maximum absolute atomic E-state index is 12.8. The van der Waals surface area contributed by atoms with Crippen LogP contribution < -0.4 is 14.8 Å². The van der Waals surface area contributed by atoms with Gasteiger partial charge in [-0.05, 0) is 30.3 Å². The van der Waals surface area contributed by atoms with E-state index in [0.717, 1.165) is 0 Å². The molecule has 8 nitrogen and oxygen atoms in total. The molecule has 0 bridgehead atoms. The van der Waals surface area contributed by atoms with E-state index in [-0.39, 0.29) is 41.7 Å². The van der Waals surface area contributed by atoms with Gasteiger partial charge in [0.05, 0.1) is 42.3 Å². The first kappa shape index (κ1) is 22.4. The summed E-state index contributed by atoms with van der Waals surface area (Å²) in [6.45, 7) is 1.63. The van der Waals surface area contributed by atoms with Crippen LogP contribution in [0.2, 0.25) is 5.02 Å². The van der Waals surface area contributed by atoms with Crippen LogP contribution in [0.3, 0.4) is 0 Å². The van der Waals surface area contributed by atoms with E-state index in [2.05, 4.69) is 5.32 Å². The van der Waals surface area contributed by atoms with Crippen LogP contribution in [-0.4, -0.2) is 65.2 Å². The Morgan fingerprint density at radius 1 is 1.17 bits per heavy atom. The number of halogens is 1. The standard InChI is InChI=1S/C20H23ClN2O6S/c1-27-18-4-2-3-5-19(18)29-11-8-22-20(24)16-14-15(6-7-17(16)21)30(25,26)23-9-12-28-13-10-23/h2-7,14H,8-13H2,1H3,(H,22,24). The van der Waals surface area contributed by atoms with Crippen LogP contribution in [0.4, 0.5) is 0 Å². The summed E-state index contributed by atoms with van der Waals surface area (Å²) < 4.78 is 43.0. The number of sulfonamides is 1. The van der Waals surface area contributed by atoms with Crippen LogP contribution in [0, 0.1) is 0 Å². The lowest BCUT2D eigenvalue weighted by molar-refractivity contribution is 0.0730. The van der Waals surface area contributed by atoms with Gasteiger partial charge in [-0.2, -0.15) is 4.31 Å². The van der Waals surface area contributed by atoms with Crippen molar-refractivity contribution in [2.45, 2.75) is 4.90 Å². The smallest absolute Gasteiger partial charge is 0.252 e. The number of hydrogen-bond acceptors (Lipinski definition) is 6. The lowest BCUT2D eigenvalue weighted by atomic mass is 10.2. The lowest BCUT2D eigenvalue weighted by Crippen LogP contribution is -2.40. The first-order chi connectivity index (χ1) is 14.4. The maximum Gasteiger partial charge on any atom is 0.252 e. The quantitative estimate of drug-likeness (QED) is 0.614. The monoisotopic (exact) mass is 454 g/mol. The number of carbonyl (C=O) groups is 1. The average Bonchev–Trinajstić information content (AvgIpc) is 2.77. The molecule has 30 heavy (non-hydrogen) atoms. The summed E-state index contributed by atoms with van der Waals surface area (Å²) in [6, 6.07) is 11.3. The number of morpholine rings is 1. The van der Waals surface area contributed by atoms with Crippen LogP contribution in [-0.2, 0) is 14.8 Å². The van der Waals surface area contributed by atoms with Crippen LogP contribution in [0.5, 0.6) is 11.5 Å². The SMILES string of the molecule is COc1ccccc1OCCNC(=O)c1cc(S(=O)(=O)N2CCOCC2)ccc1Cl. The van der Waals surface area contributed by atoms with Crippen LogP contribution >= 0.6 is 11.6 Å². The Labute approximate surface area is 180 Å². The van der Waals surface area contributed by atoms with Gasteiger partial charge in [0.25, 0.3) is 5.91 Å². The summed E-state index contributed by atoms with van der Waals surface area (Å²) in [5.74, 6) is 0.668.